The number of alkyl halides is 3. The molecule has 0 amide bonds. The van der Waals surface area contributed by atoms with Crippen molar-refractivity contribution in [2.45, 2.75) is 24.6 Å². The first-order chi connectivity index (χ1) is 12.9. The number of hydrogen-bond donors (Lipinski definition) is 1. The highest BCUT2D eigenvalue weighted by atomic mass is 19.4. The third kappa shape index (κ3) is 3.30. The summed E-state index contributed by atoms with van der Waals surface area (Å²) < 4.78 is 51.5. The van der Waals surface area contributed by atoms with Crippen LogP contribution < -0.4 is 10.1 Å². The molecule has 1 spiro atoms. The molecule has 144 valence electrons. The van der Waals surface area contributed by atoms with E-state index in [0.717, 1.165) is 25.0 Å². The standard InChI is InChI=1S/C17H18F3N5O2/c1-26-14-4-3-12(25-15(17(18,19)20)22-23-24-25)7-13(14)11-8-16(27-9-11)5-2-6-21-10-16/h3-4,7-8,21H,2,5-6,9-10H2,1H3. The second kappa shape index (κ2) is 6.61. The van der Waals surface area contributed by atoms with Gasteiger partial charge >= 0.3 is 6.18 Å². The Kier molecular flexibility index (Phi) is 4.39. The van der Waals surface area contributed by atoms with E-state index in [1.807, 2.05) is 6.08 Å². The maximum absolute atomic E-state index is 13.1. The minimum atomic E-state index is -4.66. The molecule has 1 unspecified atom stereocenters. The molecule has 4 rings (SSSR count). The lowest BCUT2D eigenvalue weighted by molar-refractivity contribution is -0.146. The van der Waals surface area contributed by atoms with Gasteiger partial charge in [0.1, 0.15) is 5.75 Å². The second-order valence-electron chi connectivity index (χ2n) is 6.60. The molecular formula is C17H18F3N5O2. The Balaban J connectivity index is 1.75. The van der Waals surface area contributed by atoms with Crippen molar-refractivity contribution in [3.05, 3.63) is 35.7 Å². The van der Waals surface area contributed by atoms with Crippen LogP contribution in [0.2, 0.25) is 0 Å². The number of hydrogen-bond acceptors (Lipinski definition) is 6. The van der Waals surface area contributed by atoms with Crippen LogP contribution in [0.15, 0.2) is 24.3 Å². The molecule has 0 radical (unpaired) electrons. The predicted molar refractivity (Wildman–Crippen MR) is 89.5 cm³/mol. The number of halogens is 3. The number of ether oxygens (including phenoxy) is 2. The van der Waals surface area contributed by atoms with Crippen LogP contribution in [0, 0.1) is 0 Å². The van der Waals surface area contributed by atoms with E-state index in [0.29, 0.717) is 29.1 Å². The van der Waals surface area contributed by atoms with Crippen LogP contribution in [0.5, 0.6) is 5.75 Å². The highest BCUT2D eigenvalue weighted by Gasteiger charge is 2.39. The molecule has 0 saturated carbocycles. The van der Waals surface area contributed by atoms with E-state index in [2.05, 4.69) is 20.8 Å². The van der Waals surface area contributed by atoms with Crippen LogP contribution >= 0.6 is 0 Å². The maximum Gasteiger partial charge on any atom is 0.453 e. The second-order valence-corrected chi connectivity index (χ2v) is 6.60. The van der Waals surface area contributed by atoms with Crippen LogP contribution in [0.1, 0.15) is 24.2 Å². The van der Waals surface area contributed by atoms with Crippen LogP contribution in [-0.4, -0.2) is 52.6 Å². The summed E-state index contributed by atoms with van der Waals surface area (Å²) in [4.78, 5) is 0. The van der Waals surface area contributed by atoms with Gasteiger partial charge in [-0.3, -0.25) is 0 Å². The highest BCUT2D eigenvalue weighted by Crippen LogP contribution is 2.38. The third-order valence-electron chi connectivity index (χ3n) is 4.83. The molecule has 7 nitrogen and oxygen atoms in total. The topological polar surface area (TPSA) is 74.1 Å². The zero-order valence-electron chi connectivity index (χ0n) is 14.6. The third-order valence-corrected chi connectivity index (χ3v) is 4.83. The molecule has 27 heavy (non-hydrogen) atoms. The normalized spacial score (nSPS) is 22.9. The first-order valence-electron chi connectivity index (χ1n) is 8.53. The first-order valence-corrected chi connectivity index (χ1v) is 8.53. The summed E-state index contributed by atoms with van der Waals surface area (Å²) in [6.07, 6.45) is -0.709. The Labute approximate surface area is 153 Å². The molecule has 1 N–H and O–H groups in total. The number of nitrogens with one attached hydrogen (secondary N) is 1. The molecule has 10 heteroatoms. The van der Waals surface area contributed by atoms with Gasteiger partial charge in [0.25, 0.3) is 5.82 Å². The average molecular weight is 381 g/mol. The van der Waals surface area contributed by atoms with Crippen molar-refractivity contribution < 1.29 is 22.6 Å². The van der Waals surface area contributed by atoms with E-state index in [1.165, 1.54) is 13.2 Å². The number of nitrogens with zero attached hydrogens (tertiary/aromatic N) is 4. The summed E-state index contributed by atoms with van der Waals surface area (Å²) in [5, 5.41) is 13.1. The Morgan fingerprint density at radius 1 is 1.33 bits per heavy atom. The van der Waals surface area contributed by atoms with Gasteiger partial charge < -0.3 is 14.8 Å². The van der Waals surface area contributed by atoms with Gasteiger partial charge in [-0.15, -0.1) is 5.10 Å². The van der Waals surface area contributed by atoms with Gasteiger partial charge in [-0.05, 0) is 59.7 Å². The molecule has 1 saturated heterocycles. The molecule has 0 bridgehead atoms. The number of aromatic nitrogens is 4. The van der Waals surface area contributed by atoms with Crippen molar-refractivity contribution in [2.75, 3.05) is 26.8 Å². The lowest BCUT2D eigenvalue weighted by atomic mass is 9.92. The molecule has 0 aliphatic carbocycles. The summed E-state index contributed by atoms with van der Waals surface area (Å²) in [5.74, 6) is -0.626. The molecule has 1 atom stereocenters. The van der Waals surface area contributed by atoms with Crippen molar-refractivity contribution in [1.29, 1.82) is 0 Å². The summed E-state index contributed by atoms with van der Waals surface area (Å²) in [6.45, 7) is 2.03. The molecule has 1 fully saturated rings. The summed E-state index contributed by atoms with van der Waals surface area (Å²) in [6, 6.07) is 4.69. The smallest absolute Gasteiger partial charge is 0.453 e. The maximum atomic E-state index is 13.1. The number of tetrazole rings is 1. The Morgan fingerprint density at radius 3 is 2.89 bits per heavy atom. The van der Waals surface area contributed by atoms with Gasteiger partial charge in [-0.2, -0.15) is 17.9 Å². The van der Waals surface area contributed by atoms with Gasteiger partial charge in [0.2, 0.25) is 0 Å². The molecule has 3 heterocycles. The lowest BCUT2D eigenvalue weighted by Crippen LogP contribution is -2.44. The fraction of sp³-hybridized carbons (Fsp3) is 0.471. The molecule has 2 aliphatic heterocycles. The zero-order chi connectivity index (χ0) is 19.1. The number of piperidine rings is 1. The van der Waals surface area contributed by atoms with Gasteiger partial charge in [0.05, 0.1) is 25.0 Å². The van der Waals surface area contributed by atoms with Gasteiger partial charge in [0, 0.05) is 12.1 Å². The van der Waals surface area contributed by atoms with Gasteiger partial charge in [-0.1, -0.05) is 0 Å². The largest absolute Gasteiger partial charge is 0.496 e. The summed E-state index contributed by atoms with van der Waals surface area (Å²) in [7, 11) is 1.52. The van der Waals surface area contributed by atoms with Crippen molar-refractivity contribution in [3.63, 3.8) is 0 Å². The molecule has 1 aromatic carbocycles. The SMILES string of the molecule is COc1ccc(-n2nnnc2C(F)(F)F)cc1C1=CC2(CCCNC2)OC1. The Hall–Kier alpha value is -2.46. The minimum absolute atomic E-state index is 0.201. The fourth-order valence-corrected chi connectivity index (χ4v) is 3.54. The minimum Gasteiger partial charge on any atom is -0.496 e. The van der Waals surface area contributed by atoms with Crippen LogP contribution in [0.3, 0.4) is 0 Å². The quantitative estimate of drug-likeness (QED) is 0.879. The highest BCUT2D eigenvalue weighted by molar-refractivity contribution is 5.75. The number of rotatable bonds is 3. The Bertz CT molecular complexity index is 872. The molecular weight excluding hydrogens is 363 g/mol. The van der Waals surface area contributed by atoms with E-state index in [9.17, 15) is 13.2 Å². The molecule has 2 aromatic rings. The van der Waals surface area contributed by atoms with Crippen LogP contribution in [-0.2, 0) is 10.9 Å². The van der Waals surface area contributed by atoms with Crippen LogP contribution in [0.4, 0.5) is 13.2 Å². The number of methoxy groups -OCH3 is 1. The number of benzene rings is 1. The summed E-state index contributed by atoms with van der Waals surface area (Å²) in [5.41, 5.74) is 1.37. The van der Waals surface area contributed by atoms with Crippen molar-refractivity contribution >= 4 is 5.57 Å². The molecule has 2 aliphatic rings. The zero-order valence-corrected chi connectivity index (χ0v) is 14.6. The summed E-state index contributed by atoms with van der Waals surface area (Å²) >= 11 is 0. The molecule has 1 aromatic heterocycles. The van der Waals surface area contributed by atoms with E-state index in [4.69, 9.17) is 9.47 Å². The van der Waals surface area contributed by atoms with E-state index in [-0.39, 0.29) is 11.3 Å². The van der Waals surface area contributed by atoms with Crippen molar-refractivity contribution in [1.82, 2.24) is 25.5 Å². The average Bonchev–Trinajstić information content (AvgIpc) is 3.29. The van der Waals surface area contributed by atoms with Gasteiger partial charge in [0.15, 0.2) is 0 Å². The first kappa shape index (κ1) is 17.9. The predicted octanol–water partition coefficient (Wildman–Crippen LogP) is 2.23. The van der Waals surface area contributed by atoms with Crippen molar-refractivity contribution in [2.24, 2.45) is 0 Å². The van der Waals surface area contributed by atoms with E-state index >= 15 is 0 Å². The fourth-order valence-electron chi connectivity index (χ4n) is 3.54. The van der Waals surface area contributed by atoms with E-state index < -0.39 is 12.0 Å². The van der Waals surface area contributed by atoms with Crippen molar-refractivity contribution in [3.8, 4) is 11.4 Å². The monoisotopic (exact) mass is 381 g/mol. The lowest BCUT2D eigenvalue weighted by Gasteiger charge is -2.31. The van der Waals surface area contributed by atoms with E-state index in [1.54, 1.807) is 12.1 Å². The van der Waals surface area contributed by atoms with Gasteiger partial charge in [-0.25, -0.2) is 0 Å². The van der Waals surface area contributed by atoms with Crippen LogP contribution in [0.25, 0.3) is 11.3 Å². The Morgan fingerprint density at radius 2 is 2.19 bits per heavy atom.